The van der Waals surface area contributed by atoms with Gasteiger partial charge in [0.25, 0.3) is 0 Å². The van der Waals surface area contributed by atoms with Gasteiger partial charge in [-0.2, -0.15) is 0 Å². The maximum atomic E-state index is 5.87. The van der Waals surface area contributed by atoms with Crippen LogP contribution >= 0.6 is 12.2 Å². The fourth-order valence-corrected chi connectivity index (χ4v) is 3.00. The molecule has 0 spiro atoms. The Bertz CT molecular complexity index is 639. The minimum atomic E-state index is 0.131. The van der Waals surface area contributed by atoms with Crippen LogP contribution in [0.15, 0.2) is 18.2 Å². The molecule has 0 aliphatic carbocycles. The van der Waals surface area contributed by atoms with Gasteiger partial charge in [-0.25, -0.2) is 0 Å². The minimum Gasteiger partial charge on any atom is -0.489 e. The Labute approximate surface area is 131 Å². The lowest BCUT2D eigenvalue weighted by Crippen LogP contribution is -2.14. The average Bonchev–Trinajstić information content (AvgIpc) is 2.75. The van der Waals surface area contributed by atoms with Crippen LogP contribution in [-0.4, -0.2) is 29.4 Å². The number of imidazole rings is 1. The summed E-state index contributed by atoms with van der Waals surface area (Å²) in [6.45, 7) is 6.88. The first-order valence-electron chi connectivity index (χ1n) is 7.47. The summed E-state index contributed by atoms with van der Waals surface area (Å²) in [6.07, 6.45) is 2.25. The lowest BCUT2D eigenvalue weighted by molar-refractivity contribution is 0.151. The highest BCUT2D eigenvalue weighted by atomic mass is 32.1. The van der Waals surface area contributed by atoms with Gasteiger partial charge in [-0.3, -0.25) is 0 Å². The first-order valence-corrected chi connectivity index (χ1v) is 7.88. The fraction of sp³-hybridized carbons (Fsp3) is 0.562. The number of H-pyrrole nitrogens is 1. The van der Waals surface area contributed by atoms with Gasteiger partial charge in [-0.1, -0.05) is 19.4 Å². The summed E-state index contributed by atoms with van der Waals surface area (Å²) in [7, 11) is 1.73. The summed E-state index contributed by atoms with van der Waals surface area (Å²) in [5.41, 5.74) is 2.04. The smallest absolute Gasteiger partial charge is 0.178 e. The molecule has 0 aliphatic heterocycles. The Balaban J connectivity index is 2.54. The molecule has 5 heteroatoms. The van der Waals surface area contributed by atoms with Gasteiger partial charge >= 0.3 is 0 Å². The number of rotatable bonds is 7. The number of aromatic amines is 1. The summed E-state index contributed by atoms with van der Waals surface area (Å²) < 4.78 is 14.1. The predicted molar refractivity (Wildman–Crippen MR) is 88.7 cm³/mol. The fourth-order valence-electron chi connectivity index (χ4n) is 2.65. The molecule has 1 atom stereocenters. The molecule has 0 saturated carbocycles. The molecule has 1 aromatic heterocycles. The van der Waals surface area contributed by atoms with Crippen LogP contribution in [0.3, 0.4) is 0 Å². The molecule has 0 radical (unpaired) electrons. The molecule has 2 aromatic rings. The molecular formula is C16H24N2O2S. The quantitative estimate of drug-likeness (QED) is 0.767. The van der Waals surface area contributed by atoms with Crippen molar-refractivity contribution in [3.63, 3.8) is 0 Å². The zero-order chi connectivity index (χ0) is 15.4. The van der Waals surface area contributed by atoms with Crippen LogP contribution in [0.1, 0.15) is 39.7 Å². The van der Waals surface area contributed by atoms with Gasteiger partial charge in [0.05, 0.1) is 24.3 Å². The highest BCUT2D eigenvalue weighted by Gasteiger charge is 2.17. The van der Waals surface area contributed by atoms with E-state index in [0.717, 1.165) is 34.4 Å². The predicted octanol–water partition coefficient (Wildman–Crippen LogP) is 4.47. The lowest BCUT2D eigenvalue weighted by atomic mass is 10.1. The summed E-state index contributed by atoms with van der Waals surface area (Å²) in [4.78, 5) is 3.30. The Morgan fingerprint density at radius 2 is 2.10 bits per heavy atom. The van der Waals surface area contributed by atoms with Crippen molar-refractivity contribution in [2.45, 2.75) is 45.8 Å². The second-order valence-electron chi connectivity index (χ2n) is 5.51. The zero-order valence-corrected chi connectivity index (χ0v) is 14.0. The van der Waals surface area contributed by atoms with Crippen LogP contribution in [-0.2, 0) is 4.74 Å². The van der Waals surface area contributed by atoms with Crippen LogP contribution < -0.4 is 4.74 Å². The monoisotopic (exact) mass is 308 g/mol. The molecule has 1 heterocycles. The molecule has 0 aliphatic rings. The van der Waals surface area contributed by atoms with E-state index in [4.69, 9.17) is 21.7 Å². The Kier molecular flexibility index (Phi) is 5.42. The summed E-state index contributed by atoms with van der Waals surface area (Å²) >= 11 is 5.53. The van der Waals surface area contributed by atoms with E-state index in [0.29, 0.717) is 6.61 Å². The largest absolute Gasteiger partial charge is 0.489 e. The Hall–Kier alpha value is -1.33. The van der Waals surface area contributed by atoms with Crippen molar-refractivity contribution in [3.05, 3.63) is 23.0 Å². The second kappa shape index (κ2) is 7.09. The van der Waals surface area contributed by atoms with Crippen molar-refractivity contribution in [2.75, 3.05) is 13.7 Å². The summed E-state index contributed by atoms with van der Waals surface area (Å²) in [6, 6.07) is 6.31. The molecule has 0 bridgehead atoms. The van der Waals surface area contributed by atoms with E-state index in [2.05, 4.69) is 22.5 Å². The maximum Gasteiger partial charge on any atom is 0.178 e. The van der Waals surface area contributed by atoms with Crippen molar-refractivity contribution in [3.8, 4) is 5.75 Å². The van der Waals surface area contributed by atoms with E-state index < -0.39 is 0 Å². The lowest BCUT2D eigenvalue weighted by Gasteiger charge is -2.18. The van der Waals surface area contributed by atoms with Crippen LogP contribution in [0.5, 0.6) is 5.75 Å². The second-order valence-corrected chi connectivity index (χ2v) is 5.90. The van der Waals surface area contributed by atoms with Gasteiger partial charge < -0.3 is 19.0 Å². The first kappa shape index (κ1) is 16.0. The topological polar surface area (TPSA) is 39.2 Å². The summed E-state index contributed by atoms with van der Waals surface area (Å²) in [5, 5.41) is 0. The number of nitrogens with zero attached hydrogens (tertiary/aromatic N) is 1. The molecule has 116 valence electrons. The van der Waals surface area contributed by atoms with Crippen LogP contribution in [0, 0.1) is 4.77 Å². The molecule has 1 aromatic carbocycles. The van der Waals surface area contributed by atoms with E-state index in [1.54, 1.807) is 7.11 Å². The van der Waals surface area contributed by atoms with Gasteiger partial charge in [0.1, 0.15) is 11.3 Å². The number of benzene rings is 1. The SMILES string of the molecule is CCCC(COC)n1c(=S)[nH]c2c(OC(C)C)cccc21. The van der Waals surface area contributed by atoms with Gasteiger partial charge in [0.2, 0.25) is 0 Å². The number of ether oxygens (including phenoxy) is 2. The third kappa shape index (κ3) is 3.47. The van der Waals surface area contributed by atoms with Gasteiger partial charge in [0, 0.05) is 7.11 Å². The summed E-state index contributed by atoms with van der Waals surface area (Å²) in [5.74, 6) is 0.847. The van der Waals surface area contributed by atoms with Crippen LogP contribution in [0.4, 0.5) is 0 Å². The number of hydrogen-bond donors (Lipinski definition) is 1. The first-order chi connectivity index (χ1) is 10.1. The molecule has 2 rings (SSSR count). The normalized spacial score (nSPS) is 13.0. The van der Waals surface area contributed by atoms with E-state index in [-0.39, 0.29) is 12.1 Å². The molecule has 0 amide bonds. The number of hydrogen-bond acceptors (Lipinski definition) is 3. The van der Waals surface area contributed by atoms with Crippen LogP contribution in [0.2, 0.25) is 0 Å². The standard InChI is InChI=1S/C16H24N2O2S/c1-5-7-12(10-19-4)18-13-8-6-9-14(20-11(2)3)15(13)17-16(18)21/h6,8-9,11-12H,5,7,10H2,1-4H3,(H,17,21). The molecule has 4 nitrogen and oxygen atoms in total. The van der Waals surface area contributed by atoms with Crippen molar-refractivity contribution in [1.29, 1.82) is 0 Å². The molecule has 0 fully saturated rings. The van der Waals surface area contributed by atoms with E-state index in [9.17, 15) is 0 Å². The van der Waals surface area contributed by atoms with E-state index in [1.807, 2.05) is 26.0 Å². The minimum absolute atomic E-state index is 0.131. The van der Waals surface area contributed by atoms with Crippen molar-refractivity contribution in [1.82, 2.24) is 9.55 Å². The molecule has 0 saturated heterocycles. The number of para-hydroxylation sites is 1. The molecular weight excluding hydrogens is 284 g/mol. The van der Waals surface area contributed by atoms with Crippen molar-refractivity contribution < 1.29 is 9.47 Å². The third-order valence-electron chi connectivity index (χ3n) is 3.42. The van der Waals surface area contributed by atoms with E-state index >= 15 is 0 Å². The number of aromatic nitrogens is 2. The average molecular weight is 308 g/mol. The van der Waals surface area contributed by atoms with Gasteiger partial charge in [-0.05, 0) is 44.6 Å². The maximum absolute atomic E-state index is 5.87. The number of fused-ring (bicyclic) bond motifs is 1. The van der Waals surface area contributed by atoms with Crippen molar-refractivity contribution >= 4 is 23.3 Å². The number of methoxy groups -OCH3 is 1. The number of nitrogens with one attached hydrogen (secondary N) is 1. The van der Waals surface area contributed by atoms with Crippen LogP contribution in [0.25, 0.3) is 11.0 Å². The van der Waals surface area contributed by atoms with E-state index in [1.165, 1.54) is 0 Å². The van der Waals surface area contributed by atoms with Crippen molar-refractivity contribution in [2.24, 2.45) is 0 Å². The zero-order valence-electron chi connectivity index (χ0n) is 13.2. The molecule has 21 heavy (non-hydrogen) atoms. The Morgan fingerprint density at radius 3 is 2.71 bits per heavy atom. The third-order valence-corrected chi connectivity index (χ3v) is 3.72. The van der Waals surface area contributed by atoms with Gasteiger partial charge in [-0.15, -0.1) is 0 Å². The molecule has 1 unspecified atom stereocenters. The molecule has 1 N–H and O–H groups in total. The highest BCUT2D eigenvalue weighted by Crippen LogP contribution is 2.29. The van der Waals surface area contributed by atoms with Gasteiger partial charge in [0.15, 0.2) is 4.77 Å². The highest BCUT2D eigenvalue weighted by molar-refractivity contribution is 7.71. The Morgan fingerprint density at radius 1 is 1.33 bits per heavy atom.